The van der Waals surface area contributed by atoms with Gasteiger partial charge < -0.3 is 24.6 Å². The molecule has 2 aromatic carbocycles. The number of anilines is 1. The van der Waals surface area contributed by atoms with Gasteiger partial charge in [-0.2, -0.15) is 0 Å². The number of hydrogen-bond acceptors (Lipinski definition) is 4. The maximum absolute atomic E-state index is 12.8. The summed E-state index contributed by atoms with van der Waals surface area (Å²) in [5.41, 5.74) is 1.97. The molecule has 8 heteroatoms. The summed E-state index contributed by atoms with van der Waals surface area (Å²) < 4.78 is 11.5. The molecule has 2 aromatic rings. The highest BCUT2D eigenvalue weighted by molar-refractivity contribution is 7.80. The molecule has 1 N–H and O–H groups in total. The molecule has 0 aromatic heterocycles. The maximum Gasteiger partial charge on any atom is 0.267 e. The van der Waals surface area contributed by atoms with E-state index in [9.17, 15) is 4.79 Å². The lowest BCUT2D eigenvalue weighted by atomic mass is 10.2. The molecular weight excluding hydrogens is 410 g/mol. The molecule has 0 radical (unpaired) electrons. The Hall–Kier alpha value is -2.51. The predicted octanol–water partition coefficient (Wildman–Crippen LogP) is 3.33. The number of carbonyl (C=O) groups excluding carboxylic acids is 1. The molecule has 0 bridgehead atoms. The summed E-state index contributed by atoms with van der Waals surface area (Å²) in [5, 5.41) is 4.62. The second kappa shape index (κ2) is 8.47. The molecule has 1 unspecified atom stereocenters. The van der Waals surface area contributed by atoms with E-state index >= 15 is 0 Å². The third kappa shape index (κ3) is 4.41. The summed E-state index contributed by atoms with van der Waals surface area (Å²) in [6, 6.07) is 13.0. The first-order valence-corrected chi connectivity index (χ1v) is 10.3. The van der Waals surface area contributed by atoms with E-state index in [1.165, 1.54) is 0 Å². The summed E-state index contributed by atoms with van der Waals surface area (Å²) in [7, 11) is 0. The molecule has 152 valence electrons. The van der Waals surface area contributed by atoms with Crippen LogP contribution >= 0.6 is 23.8 Å². The largest absolute Gasteiger partial charge is 0.485 e. The van der Waals surface area contributed by atoms with Crippen molar-refractivity contribution in [3.8, 4) is 11.5 Å². The van der Waals surface area contributed by atoms with Gasteiger partial charge in [0.2, 0.25) is 6.10 Å². The van der Waals surface area contributed by atoms with E-state index in [0.29, 0.717) is 47.8 Å². The van der Waals surface area contributed by atoms with Crippen LogP contribution in [0.15, 0.2) is 42.5 Å². The number of benzene rings is 2. The van der Waals surface area contributed by atoms with Crippen LogP contribution in [0.2, 0.25) is 5.02 Å². The smallest absolute Gasteiger partial charge is 0.267 e. The van der Waals surface area contributed by atoms with Crippen LogP contribution in [0.1, 0.15) is 5.56 Å². The topological polar surface area (TPSA) is 54.0 Å². The number of rotatable bonds is 2. The van der Waals surface area contributed by atoms with E-state index in [1.54, 1.807) is 0 Å². The molecule has 2 aliphatic heterocycles. The van der Waals surface area contributed by atoms with Crippen LogP contribution < -0.4 is 14.8 Å². The monoisotopic (exact) mass is 431 g/mol. The van der Waals surface area contributed by atoms with Crippen molar-refractivity contribution in [1.82, 2.24) is 9.80 Å². The van der Waals surface area contributed by atoms with Crippen molar-refractivity contribution < 1.29 is 14.3 Å². The minimum Gasteiger partial charge on any atom is -0.485 e. The van der Waals surface area contributed by atoms with Gasteiger partial charge in [-0.05, 0) is 55.0 Å². The fraction of sp³-hybridized carbons (Fsp3) is 0.333. The first-order chi connectivity index (χ1) is 14.0. The second-order valence-electron chi connectivity index (χ2n) is 7.07. The lowest BCUT2D eigenvalue weighted by molar-refractivity contribution is -0.142. The Morgan fingerprint density at radius 2 is 1.79 bits per heavy atom. The molecule has 6 nitrogen and oxygen atoms in total. The van der Waals surface area contributed by atoms with Crippen molar-refractivity contribution in [2.45, 2.75) is 13.0 Å². The molecule has 29 heavy (non-hydrogen) atoms. The van der Waals surface area contributed by atoms with Crippen molar-refractivity contribution >= 4 is 40.5 Å². The van der Waals surface area contributed by atoms with E-state index < -0.39 is 6.10 Å². The number of aryl methyl sites for hydroxylation is 1. The van der Waals surface area contributed by atoms with E-state index in [0.717, 1.165) is 11.3 Å². The zero-order valence-corrected chi connectivity index (χ0v) is 17.6. The van der Waals surface area contributed by atoms with Crippen LogP contribution in [-0.4, -0.2) is 59.7 Å². The van der Waals surface area contributed by atoms with Crippen LogP contribution in [0.5, 0.6) is 11.5 Å². The molecule has 1 fully saturated rings. The van der Waals surface area contributed by atoms with Gasteiger partial charge in [-0.1, -0.05) is 23.7 Å². The van der Waals surface area contributed by atoms with Crippen LogP contribution in [-0.2, 0) is 4.79 Å². The Kier molecular flexibility index (Phi) is 5.78. The van der Waals surface area contributed by atoms with Crippen LogP contribution in [0, 0.1) is 6.92 Å². The Balaban J connectivity index is 1.31. The first kappa shape index (κ1) is 19.8. The Morgan fingerprint density at radius 1 is 1.10 bits per heavy atom. The highest BCUT2D eigenvalue weighted by Gasteiger charge is 2.33. The van der Waals surface area contributed by atoms with Gasteiger partial charge in [-0.3, -0.25) is 4.79 Å². The minimum atomic E-state index is -0.613. The molecule has 2 aliphatic rings. The summed E-state index contributed by atoms with van der Waals surface area (Å²) in [6.07, 6.45) is -0.613. The van der Waals surface area contributed by atoms with E-state index in [-0.39, 0.29) is 12.5 Å². The number of piperazine rings is 1. The molecule has 0 spiro atoms. The van der Waals surface area contributed by atoms with Crippen LogP contribution in [0.3, 0.4) is 0 Å². The first-order valence-electron chi connectivity index (χ1n) is 9.50. The number of thiocarbonyl (C=S) groups is 1. The van der Waals surface area contributed by atoms with Crippen molar-refractivity contribution in [2.75, 3.05) is 38.1 Å². The van der Waals surface area contributed by atoms with Crippen molar-refractivity contribution in [3.05, 3.63) is 53.1 Å². The third-order valence-electron chi connectivity index (χ3n) is 5.09. The molecule has 0 aliphatic carbocycles. The summed E-state index contributed by atoms with van der Waals surface area (Å²) >= 11 is 11.6. The fourth-order valence-electron chi connectivity index (χ4n) is 3.44. The number of para-hydroxylation sites is 2. The second-order valence-corrected chi connectivity index (χ2v) is 7.89. The minimum absolute atomic E-state index is 0.0495. The SMILES string of the molecule is Cc1cc(Cl)ccc1NC(=S)N1CCN(C(=O)C2COc3ccccc3O2)CC1. The molecule has 4 rings (SSSR count). The number of fused-ring (bicyclic) bond motifs is 1. The Morgan fingerprint density at radius 3 is 2.52 bits per heavy atom. The number of hydrogen-bond donors (Lipinski definition) is 1. The maximum atomic E-state index is 12.8. The number of ether oxygens (including phenoxy) is 2. The summed E-state index contributed by atoms with van der Waals surface area (Å²) in [4.78, 5) is 16.7. The molecular formula is C21H22ClN3O3S. The molecule has 1 amide bonds. The van der Waals surface area contributed by atoms with E-state index in [1.807, 2.05) is 54.3 Å². The van der Waals surface area contributed by atoms with E-state index in [4.69, 9.17) is 33.3 Å². The van der Waals surface area contributed by atoms with Gasteiger partial charge in [0.1, 0.15) is 6.61 Å². The zero-order chi connectivity index (χ0) is 20.4. The highest BCUT2D eigenvalue weighted by atomic mass is 35.5. The number of nitrogens with zero attached hydrogens (tertiary/aromatic N) is 2. The van der Waals surface area contributed by atoms with Gasteiger partial charge in [-0.25, -0.2) is 0 Å². The zero-order valence-electron chi connectivity index (χ0n) is 16.1. The average molecular weight is 432 g/mol. The number of carbonyl (C=O) groups is 1. The molecule has 2 heterocycles. The quantitative estimate of drug-likeness (QED) is 0.736. The van der Waals surface area contributed by atoms with Gasteiger partial charge in [0.15, 0.2) is 16.6 Å². The van der Waals surface area contributed by atoms with Gasteiger partial charge >= 0.3 is 0 Å². The van der Waals surface area contributed by atoms with Gasteiger partial charge in [0.25, 0.3) is 5.91 Å². The normalized spacial score (nSPS) is 18.3. The lowest BCUT2D eigenvalue weighted by Crippen LogP contribution is -2.55. The van der Waals surface area contributed by atoms with Crippen molar-refractivity contribution in [3.63, 3.8) is 0 Å². The Bertz CT molecular complexity index is 931. The molecule has 1 saturated heterocycles. The summed E-state index contributed by atoms with van der Waals surface area (Å²) in [6.45, 7) is 4.70. The predicted molar refractivity (Wildman–Crippen MR) is 117 cm³/mol. The number of nitrogens with one attached hydrogen (secondary N) is 1. The number of halogens is 1. The van der Waals surface area contributed by atoms with Crippen molar-refractivity contribution in [2.24, 2.45) is 0 Å². The van der Waals surface area contributed by atoms with Gasteiger partial charge in [0.05, 0.1) is 0 Å². The lowest BCUT2D eigenvalue weighted by Gasteiger charge is -2.38. The molecule has 0 saturated carbocycles. The third-order valence-corrected chi connectivity index (χ3v) is 5.69. The Labute approximate surface area is 180 Å². The van der Waals surface area contributed by atoms with E-state index in [2.05, 4.69) is 10.2 Å². The van der Waals surface area contributed by atoms with Crippen molar-refractivity contribution in [1.29, 1.82) is 0 Å². The van der Waals surface area contributed by atoms with Gasteiger partial charge in [-0.15, -0.1) is 0 Å². The number of amides is 1. The standard InChI is InChI=1S/C21H22ClN3O3S/c1-14-12-15(22)6-7-16(14)23-21(29)25-10-8-24(9-11-25)20(26)19-13-27-17-4-2-3-5-18(17)28-19/h2-7,12,19H,8-11,13H2,1H3,(H,23,29). The van der Waals surface area contributed by atoms with Crippen LogP contribution in [0.25, 0.3) is 0 Å². The molecule has 1 atom stereocenters. The fourth-order valence-corrected chi connectivity index (χ4v) is 3.96. The highest BCUT2D eigenvalue weighted by Crippen LogP contribution is 2.31. The van der Waals surface area contributed by atoms with Crippen LogP contribution in [0.4, 0.5) is 5.69 Å². The van der Waals surface area contributed by atoms with Gasteiger partial charge in [0, 0.05) is 36.9 Å². The average Bonchev–Trinajstić information content (AvgIpc) is 2.75. The summed E-state index contributed by atoms with van der Waals surface area (Å²) in [5.74, 6) is 1.24.